The minimum atomic E-state index is -0.0524. The maximum atomic E-state index is 12.5. The quantitative estimate of drug-likeness (QED) is 0.862. The Hall–Kier alpha value is -2.49. The molecule has 2 aromatic rings. The molecule has 0 fully saturated rings. The minimum absolute atomic E-state index is 0.0447. The number of amides is 1. The predicted octanol–water partition coefficient (Wildman–Crippen LogP) is 4.05. The van der Waals surface area contributed by atoms with E-state index in [0.29, 0.717) is 11.5 Å². The van der Waals surface area contributed by atoms with Crippen molar-refractivity contribution in [3.63, 3.8) is 0 Å². The largest absolute Gasteiger partial charge is 0.497 e. The summed E-state index contributed by atoms with van der Waals surface area (Å²) in [6.45, 7) is 8.28. The van der Waals surface area contributed by atoms with E-state index in [1.807, 2.05) is 25.1 Å². The monoisotopic (exact) mass is 341 g/mol. The molecular weight excluding hydrogens is 314 g/mol. The Morgan fingerprint density at radius 2 is 1.68 bits per heavy atom. The van der Waals surface area contributed by atoms with E-state index in [2.05, 4.69) is 38.2 Å². The van der Waals surface area contributed by atoms with Gasteiger partial charge in [0.15, 0.2) is 0 Å². The Morgan fingerprint density at radius 3 is 2.32 bits per heavy atom. The van der Waals surface area contributed by atoms with Gasteiger partial charge in [-0.25, -0.2) is 0 Å². The van der Waals surface area contributed by atoms with E-state index >= 15 is 0 Å². The Labute approximate surface area is 150 Å². The summed E-state index contributed by atoms with van der Waals surface area (Å²) in [7, 11) is 3.21. The number of aryl methyl sites for hydroxylation is 3. The zero-order chi connectivity index (χ0) is 18.6. The van der Waals surface area contributed by atoms with E-state index in [0.717, 1.165) is 11.1 Å². The summed E-state index contributed by atoms with van der Waals surface area (Å²) in [5.74, 6) is 1.35. The molecule has 0 bridgehead atoms. The van der Waals surface area contributed by atoms with Crippen LogP contribution in [0.2, 0.25) is 0 Å². The van der Waals surface area contributed by atoms with Crippen molar-refractivity contribution in [2.45, 2.75) is 40.2 Å². The Morgan fingerprint density at radius 1 is 1.00 bits per heavy atom. The third kappa shape index (κ3) is 4.53. The molecule has 0 heterocycles. The van der Waals surface area contributed by atoms with Crippen LogP contribution in [0.15, 0.2) is 30.3 Å². The molecule has 0 saturated carbocycles. The molecule has 0 radical (unpaired) electrons. The van der Waals surface area contributed by atoms with Crippen molar-refractivity contribution in [1.82, 2.24) is 5.32 Å². The van der Waals surface area contributed by atoms with Gasteiger partial charge in [0.2, 0.25) is 5.91 Å². The van der Waals surface area contributed by atoms with Gasteiger partial charge in [0.25, 0.3) is 0 Å². The van der Waals surface area contributed by atoms with E-state index in [1.54, 1.807) is 14.2 Å². The number of carbonyl (C=O) groups excluding carboxylic acids is 1. The Balaban J connectivity index is 2.14. The highest BCUT2D eigenvalue weighted by Gasteiger charge is 2.15. The highest BCUT2D eigenvalue weighted by molar-refractivity contribution is 5.80. The van der Waals surface area contributed by atoms with Gasteiger partial charge < -0.3 is 14.8 Å². The molecule has 0 aliphatic carbocycles. The molecule has 1 amide bonds. The normalized spacial score (nSPS) is 11.8. The number of ether oxygens (including phenoxy) is 2. The average Bonchev–Trinajstić information content (AvgIpc) is 2.57. The predicted molar refractivity (Wildman–Crippen MR) is 100 cm³/mol. The summed E-state index contributed by atoms with van der Waals surface area (Å²) in [4.78, 5) is 12.5. The molecule has 0 aliphatic heterocycles. The van der Waals surface area contributed by atoms with Gasteiger partial charge in [-0.2, -0.15) is 0 Å². The SMILES string of the molecule is COc1ccc(OC)c(CC(=O)N[C@H](C)c2cc(C)c(C)cc2C)c1. The summed E-state index contributed by atoms with van der Waals surface area (Å²) in [5, 5.41) is 3.09. The van der Waals surface area contributed by atoms with Crippen molar-refractivity contribution in [2.24, 2.45) is 0 Å². The number of methoxy groups -OCH3 is 2. The second kappa shape index (κ2) is 8.06. The van der Waals surface area contributed by atoms with Crippen molar-refractivity contribution in [1.29, 1.82) is 0 Å². The van der Waals surface area contributed by atoms with Crippen LogP contribution < -0.4 is 14.8 Å². The Kier molecular flexibility index (Phi) is 6.07. The van der Waals surface area contributed by atoms with Crippen LogP contribution in [0.25, 0.3) is 0 Å². The minimum Gasteiger partial charge on any atom is -0.497 e. The van der Waals surface area contributed by atoms with E-state index in [4.69, 9.17) is 9.47 Å². The first-order valence-corrected chi connectivity index (χ1v) is 8.43. The molecule has 1 atom stereocenters. The fourth-order valence-electron chi connectivity index (χ4n) is 3.01. The van der Waals surface area contributed by atoms with Crippen molar-refractivity contribution in [2.75, 3.05) is 14.2 Å². The molecule has 0 aliphatic rings. The maximum Gasteiger partial charge on any atom is 0.225 e. The smallest absolute Gasteiger partial charge is 0.225 e. The number of rotatable bonds is 6. The van der Waals surface area contributed by atoms with Crippen LogP contribution in [0.3, 0.4) is 0 Å². The molecular formula is C21H27NO3. The van der Waals surface area contributed by atoms with Gasteiger partial charge in [0, 0.05) is 5.56 Å². The molecule has 2 rings (SSSR count). The lowest BCUT2D eigenvalue weighted by Crippen LogP contribution is -2.28. The van der Waals surface area contributed by atoms with E-state index in [1.165, 1.54) is 16.7 Å². The van der Waals surface area contributed by atoms with Crippen molar-refractivity contribution in [3.8, 4) is 11.5 Å². The first-order chi connectivity index (χ1) is 11.8. The van der Waals surface area contributed by atoms with Gasteiger partial charge in [-0.15, -0.1) is 0 Å². The summed E-state index contributed by atoms with van der Waals surface area (Å²) in [6, 6.07) is 9.74. The molecule has 0 aromatic heterocycles. The number of hydrogen-bond acceptors (Lipinski definition) is 3. The summed E-state index contributed by atoms with van der Waals surface area (Å²) >= 11 is 0. The molecule has 4 heteroatoms. The van der Waals surface area contributed by atoms with Crippen molar-refractivity contribution in [3.05, 3.63) is 58.1 Å². The van der Waals surface area contributed by atoms with Crippen LogP contribution in [-0.4, -0.2) is 20.1 Å². The van der Waals surface area contributed by atoms with Gasteiger partial charge in [-0.1, -0.05) is 12.1 Å². The van der Waals surface area contributed by atoms with Crippen LogP contribution in [0.1, 0.15) is 40.8 Å². The zero-order valence-corrected chi connectivity index (χ0v) is 15.9. The highest BCUT2D eigenvalue weighted by atomic mass is 16.5. The van der Waals surface area contributed by atoms with E-state index in [-0.39, 0.29) is 18.4 Å². The van der Waals surface area contributed by atoms with Gasteiger partial charge in [0.05, 0.1) is 26.7 Å². The summed E-state index contributed by atoms with van der Waals surface area (Å²) in [6.07, 6.45) is 0.245. The number of nitrogens with one attached hydrogen (secondary N) is 1. The lowest BCUT2D eigenvalue weighted by Gasteiger charge is -2.19. The topological polar surface area (TPSA) is 47.6 Å². The summed E-state index contributed by atoms with van der Waals surface area (Å²) < 4.78 is 10.6. The number of benzene rings is 2. The van der Waals surface area contributed by atoms with Crippen LogP contribution in [-0.2, 0) is 11.2 Å². The Bertz CT molecular complexity index is 768. The van der Waals surface area contributed by atoms with Crippen LogP contribution in [0, 0.1) is 20.8 Å². The fourth-order valence-corrected chi connectivity index (χ4v) is 3.01. The lowest BCUT2D eigenvalue weighted by molar-refractivity contribution is -0.121. The molecule has 0 unspecified atom stereocenters. The number of hydrogen-bond donors (Lipinski definition) is 1. The van der Waals surface area contributed by atoms with Gasteiger partial charge in [-0.05, 0) is 68.1 Å². The molecule has 134 valence electrons. The zero-order valence-electron chi connectivity index (χ0n) is 15.9. The first kappa shape index (κ1) is 18.8. The van der Waals surface area contributed by atoms with Gasteiger partial charge >= 0.3 is 0 Å². The van der Waals surface area contributed by atoms with Crippen LogP contribution in [0.4, 0.5) is 0 Å². The second-order valence-electron chi connectivity index (χ2n) is 6.44. The molecule has 0 saturated heterocycles. The number of carbonyl (C=O) groups is 1. The standard InChI is InChI=1S/C21H27NO3/c1-13-9-15(3)19(10-14(13)2)16(4)22-21(23)12-17-11-18(24-5)7-8-20(17)25-6/h7-11,16H,12H2,1-6H3,(H,22,23)/t16-/m1/s1. The second-order valence-corrected chi connectivity index (χ2v) is 6.44. The molecule has 4 nitrogen and oxygen atoms in total. The third-order valence-corrected chi connectivity index (χ3v) is 4.56. The maximum absolute atomic E-state index is 12.5. The van der Waals surface area contributed by atoms with Crippen LogP contribution >= 0.6 is 0 Å². The molecule has 0 spiro atoms. The van der Waals surface area contributed by atoms with Crippen molar-refractivity contribution >= 4 is 5.91 Å². The van der Waals surface area contributed by atoms with Crippen molar-refractivity contribution < 1.29 is 14.3 Å². The highest BCUT2D eigenvalue weighted by Crippen LogP contribution is 2.25. The first-order valence-electron chi connectivity index (χ1n) is 8.43. The average molecular weight is 341 g/mol. The van der Waals surface area contributed by atoms with Gasteiger partial charge in [-0.3, -0.25) is 4.79 Å². The molecule has 1 N–H and O–H groups in total. The third-order valence-electron chi connectivity index (χ3n) is 4.56. The molecule has 25 heavy (non-hydrogen) atoms. The van der Waals surface area contributed by atoms with Gasteiger partial charge in [0.1, 0.15) is 11.5 Å². The molecule has 2 aromatic carbocycles. The fraction of sp³-hybridized carbons (Fsp3) is 0.381. The van der Waals surface area contributed by atoms with Crippen LogP contribution in [0.5, 0.6) is 11.5 Å². The lowest BCUT2D eigenvalue weighted by atomic mass is 9.96. The summed E-state index contributed by atoms with van der Waals surface area (Å²) in [5.41, 5.74) is 5.64. The van der Waals surface area contributed by atoms with E-state index in [9.17, 15) is 4.79 Å². The van der Waals surface area contributed by atoms with E-state index < -0.39 is 0 Å².